The summed E-state index contributed by atoms with van der Waals surface area (Å²) in [7, 11) is 1.76. The van der Waals surface area contributed by atoms with E-state index in [2.05, 4.69) is 30.2 Å². The molecular formula is C13H22N2O. The first-order chi connectivity index (χ1) is 7.64. The SMILES string of the molecule is COC(C)(C)CCNCCc1cccnc1. The zero-order valence-electron chi connectivity index (χ0n) is 10.5. The molecule has 0 bridgehead atoms. The highest BCUT2D eigenvalue weighted by atomic mass is 16.5. The third-order valence-corrected chi connectivity index (χ3v) is 2.77. The van der Waals surface area contributed by atoms with Gasteiger partial charge in [-0.25, -0.2) is 0 Å². The average molecular weight is 222 g/mol. The summed E-state index contributed by atoms with van der Waals surface area (Å²) < 4.78 is 5.35. The van der Waals surface area contributed by atoms with Crippen molar-refractivity contribution in [3.05, 3.63) is 30.1 Å². The van der Waals surface area contributed by atoms with E-state index >= 15 is 0 Å². The van der Waals surface area contributed by atoms with E-state index in [9.17, 15) is 0 Å². The smallest absolute Gasteiger partial charge is 0.0634 e. The lowest BCUT2D eigenvalue weighted by Gasteiger charge is -2.22. The lowest BCUT2D eigenvalue weighted by atomic mass is 10.1. The van der Waals surface area contributed by atoms with Crippen molar-refractivity contribution in [2.75, 3.05) is 20.2 Å². The molecule has 1 aromatic heterocycles. The third-order valence-electron chi connectivity index (χ3n) is 2.77. The van der Waals surface area contributed by atoms with Gasteiger partial charge in [0.05, 0.1) is 5.60 Å². The maximum absolute atomic E-state index is 5.35. The average Bonchev–Trinajstić information content (AvgIpc) is 2.30. The number of ether oxygens (including phenoxy) is 1. The van der Waals surface area contributed by atoms with Gasteiger partial charge in [-0.3, -0.25) is 4.98 Å². The van der Waals surface area contributed by atoms with E-state index in [4.69, 9.17) is 4.74 Å². The van der Waals surface area contributed by atoms with Gasteiger partial charge in [-0.2, -0.15) is 0 Å². The number of rotatable bonds is 7. The van der Waals surface area contributed by atoms with Crippen molar-refractivity contribution in [3.8, 4) is 0 Å². The molecule has 1 aromatic rings. The van der Waals surface area contributed by atoms with Crippen molar-refractivity contribution in [2.45, 2.75) is 32.3 Å². The lowest BCUT2D eigenvalue weighted by molar-refractivity contribution is 0.0159. The van der Waals surface area contributed by atoms with Crippen LogP contribution in [0, 0.1) is 0 Å². The second-order valence-electron chi connectivity index (χ2n) is 4.58. The third kappa shape index (κ3) is 5.24. The second-order valence-corrected chi connectivity index (χ2v) is 4.58. The van der Waals surface area contributed by atoms with E-state index in [1.165, 1.54) is 5.56 Å². The Morgan fingerprint density at radius 1 is 1.38 bits per heavy atom. The number of hydrogen-bond donors (Lipinski definition) is 1. The minimum atomic E-state index is -0.0265. The van der Waals surface area contributed by atoms with Gasteiger partial charge >= 0.3 is 0 Å². The van der Waals surface area contributed by atoms with Gasteiger partial charge in [0.1, 0.15) is 0 Å². The Hall–Kier alpha value is -0.930. The Labute approximate surface area is 98.2 Å². The van der Waals surface area contributed by atoms with Crippen LogP contribution >= 0.6 is 0 Å². The number of aromatic nitrogens is 1. The van der Waals surface area contributed by atoms with Crippen LogP contribution in [0.2, 0.25) is 0 Å². The first-order valence-electron chi connectivity index (χ1n) is 5.79. The molecule has 0 fully saturated rings. The minimum absolute atomic E-state index is 0.0265. The largest absolute Gasteiger partial charge is 0.379 e. The summed E-state index contributed by atoms with van der Waals surface area (Å²) >= 11 is 0. The fourth-order valence-electron chi connectivity index (χ4n) is 1.40. The summed E-state index contributed by atoms with van der Waals surface area (Å²) in [5, 5.41) is 3.42. The van der Waals surface area contributed by atoms with Crippen LogP contribution in [0.1, 0.15) is 25.8 Å². The number of nitrogens with one attached hydrogen (secondary N) is 1. The summed E-state index contributed by atoms with van der Waals surface area (Å²) in [4.78, 5) is 4.09. The van der Waals surface area contributed by atoms with Crippen LogP contribution in [0.25, 0.3) is 0 Å². The standard InChI is InChI=1S/C13H22N2O/c1-13(2,16-3)7-10-14-9-6-12-5-4-8-15-11-12/h4-5,8,11,14H,6-7,9-10H2,1-3H3. The first-order valence-corrected chi connectivity index (χ1v) is 5.79. The molecule has 0 unspecified atom stereocenters. The highest BCUT2D eigenvalue weighted by molar-refractivity contribution is 5.08. The van der Waals surface area contributed by atoms with Crippen LogP contribution in [0.4, 0.5) is 0 Å². The molecular weight excluding hydrogens is 200 g/mol. The molecule has 16 heavy (non-hydrogen) atoms. The van der Waals surface area contributed by atoms with Gasteiger partial charge in [0, 0.05) is 19.5 Å². The molecule has 3 heteroatoms. The molecule has 1 N–H and O–H groups in total. The molecule has 0 aliphatic heterocycles. The van der Waals surface area contributed by atoms with Crippen molar-refractivity contribution in [2.24, 2.45) is 0 Å². The van der Waals surface area contributed by atoms with Crippen LogP contribution in [-0.4, -0.2) is 30.8 Å². The quantitative estimate of drug-likeness (QED) is 0.717. The van der Waals surface area contributed by atoms with Gasteiger partial charge in [-0.05, 0) is 51.4 Å². The molecule has 1 rings (SSSR count). The van der Waals surface area contributed by atoms with Crippen molar-refractivity contribution < 1.29 is 4.74 Å². The molecule has 3 nitrogen and oxygen atoms in total. The molecule has 0 aliphatic carbocycles. The Morgan fingerprint density at radius 2 is 2.19 bits per heavy atom. The molecule has 1 heterocycles. The summed E-state index contributed by atoms with van der Waals surface area (Å²) in [6, 6.07) is 4.08. The topological polar surface area (TPSA) is 34.1 Å². The number of pyridine rings is 1. The molecule has 0 atom stereocenters. The molecule has 0 amide bonds. The lowest BCUT2D eigenvalue weighted by Crippen LogP contribution is -2.29. The summed E-state index contributed by atoms with van der Waals surface area (Å²) in [5.41, 5.74) is 1.25. The Morgan fingerprint density at radius 3 is 2.81 bits per heavy atom. The Kier molecular flexibility index (Phi) is 5.43. The predicted octanol–water partition coefficient (Wildman–Crippen LogP) is 2.03. The van der Waals surface area contributed by atoms with E-state index in [1.54, 1.807) is 13.3 Å². The molecule has 0 spiro atoms. The maximum Gasteiger partial charge on any atom is 0.0634 e. The van der Waals surface area contributed by atoms with Gasteiger partial charge in [0.25, 0.3) is 0 Å². The van der Waals surface area contributed by atoms with Crippen molar-refractivity contribution >= 4 is 0 Å². The van der Waals surface area contributed by atoms with E-state index in [0.717, 1.165) is 25.9 Å². The number of nitrogens with zero attached hydrogens (tertiary/aromatic N) is 1. The highest BCUT2D eigenvalue weighted by Gasteiger charge is 2.14. The molecule has 0 aliphatic rings. The van der Waals surface area contributed by atoms with Gasteiger partial charge in [-0.1, -0.05) is 6.07 Å². The van der Waals surface area contributed by atoms with E-state index < -0.39 is 0 Å². The van der Waals surface area contributed by atoms with Crippen LogP contribution in [-0.2, 0) is 11.2 Å². The van der Waals surface area contributed by atoms with Crippen LogP contribution in [0.3, 0.4) is 0 Å². The van der Waals surface area contributed by atoms with E-state index in [1.807, 2.05) is 12.3 Å². The van der Waals surface area contributed by atoms with E-state index in [-0.39, 0.29) is 5.60 Å². The van der Waals surface area contributed by atoms with Crippen LogP contribution in [0.15, 0.2) is 24.5 Å². The Balaban J connectivity index is 2.09. The van der Waals surface area contributed by atoms with Crippen molar-refractivity contribution in [3.63, 3.8) is 0 Å². The fraction of sp³-hybridized carbons (Fsp3) is 0.615. The van der Waals surface area contributed by atoms with Crippen molar-refractivity contribution in [1.82, 2.24) is 10.3 Å². The normalized spacial score (nSPS) is 11.7. The molecule has 0 saturated carbocycles. The zero-order valence-corrected chi connectivity index (χ0v) is 10.5. The second kappa shape index (κ2) is 6.61. The van der Waals surface area contributed by atoms with Gasteiger partial charge in [-0.15, -0.1) is 0 Å². The number of methoxy groups -OCH3 is 1. The molecule has 0 radical (unpaired) electrons. The molecule has 0 saturated heterocycles. The Bertz CT molecular complexity index is 285. The maximum atomic E-state index is 5.35. The predicted molar refractivity (Wildman–Crippen MR) is 66.5 cm³/mol. The van der Waals surface area contributed by atoms with Gasteiger partial charge in [0.15, 0.2) is 0 Å². The van der Waals surface area contributed by atoms with Gasteiger partial charge < -0.3 is 10.1 Å². The minimum Gasteiger partial charge on any atom is -0.379 e. The van der Waals surface area contributed by atoms with Crippen LogP contribution < -0.4 is 5.32 Å². The number of hydrogen-bond acceptors (Lipinski definition) is 3. The summed E-state index contributed by atoms with van der Waals surface area (Å²) in [6.07, 6.45) is 5.77. The van der Waals surface area contributed by atoms with E-state index in [0.29, 0.717) is 0 Å². The van der Waals surface area contributed by atoms with Gasteiger partial charge in [0.2, 0.25) is 0 Å². The highest BCUT2D eigenvalue weighted by Crippen LogP contribution is 2.11. The zero-order chi connectivity index (χ0) is 11.9. The van der Waals surface area contributed by atoms with Crippen molar-refractivity contribution in [1.29, 1.82) is 0 Å². The molecule has 90 valence electrons. The first kappa shape index (κ1) is 13.1. The monoisotopic (exact) mass is 222 g/mol. The summed E-state index contributed by atoms with van der Waals surface area (Å²) in [5.74, 6) is 0. The fourth-order valence-corrected chi connectivity index (χ4v) is 1.40. The van der Waals surface area contributed by atoms with Crippen LogP contribution in [0.5, 0.6) is 0 Å². The molecule has 0 aromatic carbocycles. The summed E-state index contributed by atoms with van der Waals surface area (Å²) in [6.45, 7) is 6.19.